The van der Waals surface area contributed by atoms with Crippen molar-refractivity contribution in [3.63, 3.8) is 0 Å². The molecule has 6 heteroatoms. The molecule has 0 heterocycles. The molecule has 0 bridgehead atoms. The maximum atomic E-state index is 11.9. The van der Waals surface area contributed by atoms with Gasteiger partial charge < -0.3 is 15.3 Å². The number of aliphatic hydroxyl groups excluding tert-OH is 1. The van der Waals surface area contributed by atoms with Gasteiger partial charge in [-0.2, -0.15) is 0 Å². The normalized spacial score (nSPS) is 9.94. The first kappa shape index (κ1) is 14.8. The van der Waals surface area contributed by atoms with E-state index in [-0.39, 0.29) is 19.2 Å². The van der Waals surface area contributed by atoms with E-state index >= 15 is 0 Å². The van der Waals surface area contributed by atoms with Crippen LogP contribution in [0.15, 0.2) is 30.9 Å². The number of hydrogen-bond donors (Lipinski definition) is 2. The van der Waals surface area contributed by atoms with Gasteiger partial charge in [-0.3, -0.25) is 0 Å². The summed E-state index contributed by atoms with van der Waals surface area (Å²) in [6, 6.07) is 4.42. The Bertz CT molecular complexity index is 418. The third-order valence-electron chi connectivity index (χ3n) is 2.12. The number of hydrogen-bond acceptors (Lipinski definition) is 2. The van der Waals surface area contributed by atoms with E-state index < -0.39 is 0 Å². The number of carbonyl (C=O) groups is 1. The lowest BCUT2D eigenvalue weighted by Gasteiger charge is -2.20. The molecule has 0 aromatic heterocycles. The Labute approximate surface area is 116 Å². The molecule has 1 aromatic rings. The molecule has 0 saturated heterocycles. The molecule has 98 valence electrons. The first-order chi connectivity index (χ1) is 8.56. The largest absolute Gasteiger partial charge is 0.395 e. The van der Waals surface area contributed by atoms with E-state index in [1.807, 2.05) is 0 Å². The molecule has 0 unspecified atom stereocenters. The second-order valence-corrected chi connectivity index (χ2v) is 4.42. The molecule has 0 atom stereocenters. The third kappa shape index (κ3) is 4.56. The van der Waals surface area contributed by atoms with E-state index in [2.05, 4.69) is 11.9 Å². The van der Waals surface area contributed by atoms with Crippen LogP contribution in [0.2, 0.25) is 10.0 Å². The quantitative estimate of drug-likeness (QED) is 0.819. The fourth-order valence-electron chi connectivity index (χ4n) is 1.38. The molecule has 0 radical (unpaired) electrons. The van der Waals surface area contributed by atoms with Crippen LogP contribution < -0.4 is 5.32 Å². The predicted octanol–water partition coefficient (Wildman–Crippen LogP) is 3.01. The molecule has 0 saturated carbocycles. The molecule has 0 aliphatic rings. The highest BCUT2D eigenvalue weighted by Gasteiger charge is 2.11. The van der Waals surface area contributed by atoms with Crippen LogP contribution in [0.3, 0.4) is 0 Å². The number of benzene rings is 1. The molecule has 2 amide bonds. The van der Waals surface area contributed by atoms with Gasteiger partial charge in [0.2, 0.25) is 0 Å². The molecule has 0 fully saturated rings. The number of nitrogens with zero attached hydrogens (tertiary/aromatic N) is 1. The van der Waals surface area contributed by atoms with Crippen molar-refractivity contribution in [2.24, 2.45) is 0 Å². The topological polar surface area (TPSA) is 52.6 Å². The van der Waals surface area contributed by atoms with Crippen molar-refractivity contribution in [1.82, 2.24) is 4.90 Å². The number of aliphatic hydroxyl groups is 1. The minimum atomic E-state index is -0.345. The Kier molecular flexibility index (Phi) is 5.98. The van der Waals surface area contributed by atoms with Gasteiger partial charge in [-0.1, -0.05) is 29.3 Å². The summed E-state index contributed by atoms with van der Waals surface area (Å²) in [5.74, 6) is 0. The summed E-state index contributed by atoms with van der Waals surface area (Å²) >= 11 is 11.7. The Morgan fingerprint density at radius 3 is 2.50 bits per heavy atom. The van der Waals surface area contributed by atoms with Gasteiger partial charge in [0.15, 0.2) is 0 Å². The molecule has 0 aliphatic heterocycles. The Hall–Kier alpha value is -1.23. The molecular formula is C12H14Cl2N2O2. The van der Waals surface area contributed by atoms with Crippen LogP contribution in [0.25, 0.3) is 0 Å². The molecule has 0 aliphatic carbocycles. The lowest BCUT2D eigenvalue weighted by Crippen LogP contribution is -2.37. The number of amides is 2. The summed E-state index contributed by atoms with van der Waals surface area (Å²) in [5, 5.41) is 12.4. The van der Waals surface area contributed by atoms with E-state index in [0.717, 1.165) is 0 Å². The average Bonchev–Trinajstić information content (AvgIpc) is 2.27. The Morgan fingerprint density at radius 2 is 2.00 bits per heavy atom. The number of halogens is 2. The van der Waals surface area contributed by atoms with Crippen molar-refractivity contribution in [3.8, 4) is 0 Å². The standard InChI is InChI=1S/C12H14Cl2N2O2/c1-2-3-16(4-5-17)12(18)15-11-7-9(13)6-10(14)8-11/h2,6-8,17H,1,3-5H2,(H,15,18). The van der Waals surface area contributed by atoms with Crippen LogP contribution >= 0.6 is 23.2 Å². The first-order valence-electron chi connectivity index (χ1n) is 5.30. The fourth-order valence-corrected chi connectivity index (χ4v) is 1.91. The van der Waals surface area contributed by atoms with Crippen LogP contribution in [0.4, 0.5) is 10.5 Å². The van der Waals surface area contributed by atoms with Gasteiger partial charge in [-0.25, -0.2) is 4.79 Å². The molecule has 0 spiro atoms. The van der Waals surface area contributed by atoms with E-state index in [9.17, 15) is 4.79 Å². The van der Waals surface area contributed by atoms with Gasteiger partial charge >= 0.3 is 6.03 Å². The zero-order chi connectivity index (χ0) is 13.5. The minimum absolute atomic E-state index is 0.114. The van der Waals surface area contributed by atoms with Gasteiger partial charge in [0, 0.05) is 28.8 Å². The van der Waals surface area contributed by atoms with Crippen molar-refractivity contribution in [3.05, 3.63) is 40.9 Å². The highest BCUT2D eigenvalue weighted by molar-refractivity contribution is 6.35. The molecule has 2 N–H and O–H groups in total. The van der Waals surface area contributed by atoms with Crippen molar-refractivity contribution in [1.29, 1.82) is 0 Å². The smallest absolute Gasteiger partial charge is 0.322 e. The minimum Gasteiger partial charge on any atom is -0.395 e. The molecule has 4 nitrogen and oxygen atoms in total. The van der Waals surface area contributed by atoms with E-state index in [0.29, 0.717) is 22.3 Å². The van der Waals surface area contributed by atoms with E-state index in [4.69, 9.17) is 28.3 Å². The first-order valence-corrected chi connectivity index (χ1v) is 6.06. The highest BCUT2D eigenvalue weighted by atomic mass is 35.5. The number of rotatable bonds is 5. The number of carbonyl (C=O) groups excluding carboxylic acids is 1. The Balaban J connectivity index is 2.75. The third-order valence-corrected chi connectivity index (χ3v) is 2.56. The van der Waals surface area contributed by atoms with Crippen LogP contribution in [0.1, 0.15) is 0 Å². The van der Waals surface area contributed by atoms with E-state index in [1.54, 1.807) is 24.3 Å². The SMILES string of the molecule is C=CCN(CCO)C(=O)Nc1cc(Cl)cc(Cl)c1. The lowest BCUT2D eigenvalue weighted by molar-refractivity contribution is 0.195. The van der Waals surface area contributed by atoms with Crippen molar-refractivity contribution in [2.75, 3.05) is 25.0 Å². The Morgan fingerprint density at radius 1 is 1.39 bits per heavy atom. The van der Waals surface area contributed by atoms with Gasteiger partial charge in [0.1, 0.15) is 0 Å². The number of anilines is 1. The molecule has 18 heavy (non-hydrogen) atoms. The van der Waals surface area contributed by atoms with Crippen LogP contribution in [-0.2, 0) is 0 Å². The maximum Gasteiger partial charge on any atom is 0.322 e. The maximum absolute atomic E-state index is 11.9. The molecular weight excluding hydrogens is 275 g/mol. The lowest BCUT2D eigenvalue weighted by atomic mass is 10.3. The van der Waals surface area contributed by atoms with Gasteiger partial charge in [-0.15, -0.1) is 6.58 Å². The van der Waals surface area contributed by atoms with Crippen molar-refractivity contribution >= 4 is 34.9 Å². The van der Waals surface area contributed by atoms with Crippen molar-refractivity contribution < 1.29 is 9.90 Å². The second kappa shape index (κ2) is 7.26. The van der Waals surface area contributed by atoms with Gasteiger partial charge in [-0.05, 0) is 18.2 Å². The second-order valence-electron chi connectivity index (χ2n) is 3.55. The summed E-state index contributed by atoms with van der Waals surface area (Å²) < 4.78 is 0. The monoisotopic (exact) mass is 288 g/mol. The van der Waals surface area contributed by atoms with Crippen LogP contribution in [0, 0.1) is 0 Å². The summed E-state index contributed by atoms with van der Waals surface area (Å²) in [5.41, 5.74) is 0.504. The van der Waals surface area contributed by atoms with Crippen LogP contribution in [-0.4, -0.2) is 35.7 Å². The zero-order valence-electron chi connectivity index (χ0n) is 9.70. The van der Waals surface area contributed by atoms with Gasteiger partial charge in [0.05, 0.1) is 6.61 Å². The number of urea groups is 1. The summed E-state index contributed by atoms with van der Waals surface area (Å²) in [4.78, 5) is 13.3. The summed E-state index contributed by atoms with van der Waals surface area (Å²) in [6.07, 6.45) is 1.58. The molecule has 1 rings (SSSR count). The van der Waals surface area contributed by atoms with Crippen LogP contribution in [0.5, 0.6) is 0 Å². The predicted molar refractivity (Wildman–Crippen MR) is 74.3 cm³/mol. The van der Waals surface area contributed by atoms with Gasteiger partial charge in [0.25, 0.3) is 0 Å². The zero-order valence-corrected chi connectivity index (χ0v) is 11.2. The van der Waals surface area contributed by atoms with E-state index in [1.165, 1.54) is 4.90 Å². The number of nitrogens with one attached hydrogen (secondary N) is 1. The molecule has 1 aromatic carbocycles. The summed E-state index contributed by atoms with van der Waals surface area (Å²) in [7, 11) is 0. The average molecular weight is 289 g/mol. The fraction of sp³-hybridized carbons (Fsp3) is 0.250. The summed E-state index contributed by atoms with van der Waals surface area (Å²) in [6.45, 7) is 4.02. The highest BCUT2D eigenvalue weighted by Crippen LogP contribution is 2.22. The van der Waals surface area contributed by atoms with Crippen molar-refractivity contribution in [2.45, 2.75) is 0 Å².